The van der Waals surface area contributed by atoms with E-state index in [1.807, 2.05) is 12.1 Å². The van der Waals surface area contributed by atoms with Crippen LogP contribution < -0.4 is 5.32 Å². The lowest BCUT2D eigenvalue weighted by atomic mass is 9.96. The number of esters is 1. The smallest absolute Gasteiger partial charge is 0.341 e. The molecule has 0 saturated heterocycles. The monoisotopic (exact) mass is 417 g/mol. The molecule has 0 fully saturated rings. The van der Waals surface area contributed by atoms with Gasteiger partial charge in [-0.05, 0) is 61.9 Å². The molecule has 2 aromatic rings. The molecule has 0 radical (unpaired) electrons. The first-order chi connectivity index (χ1) is 13.6. The number of carbonyl (C=O) groups is 2. The van der Waals surface area contributed by atoms with Crippen LogP contribution in [0.1, 0.15) is 59.0 Å². The number of nitrogens with one attached hydrogen (secondary N) is 1. The maximum Gasteiger partial charge on any atom is 0.341 e. The molecule has 0 aliphatic heterocycles. The number of halogens is 1. The summed E-state index contributed by atoms with van der Waals surface area (Å²) in [5, 5.41) is 4.10. The minimum atomic E-state index is -0.352. The van der Waals surface area contributed by atoms with Crippen molar-refractivity contribution in [2.75, 3.05) is 11.9 Å². The van der Waals surface area contributed by atoms with Crippen LogP contribution in [0.5, 0.6) is 0 Å². The van der Waals surface area contributed by atoms with Gasteiger partial charge in [0, 0.05) is 16.0 Å². The quantitative estimate of drug-likeness (QED) is 0.487. The van der Waals surface area contributed by atoms with Gasteiger partial charge < -0.3 is 10.1 Å². The Morgan fingerprint density at radius 2 is 2.00 bits per heavy atom. The van der Waals surface area contributed by atoms with E-state index in [1.54, 1.807) is 25.1 Å². The van der Waals surface area contributed by atoms with Gasteiger partial charge in [-0.3, -0.25) is 4.79 Å². The second-order valence-corrected chi connectivity index (χ2v) is 8.26. The lowest BCUT2D eigenvalue weighted by Crippen LogP contribution is -2.13. The zero-order chi connectivity index (χ0) is 19.9. The molecule has 1 amide bonds. The van der Waals surface area contributed by atoms with Crippen molar-refractivity contribution >= 4 is 45.9 Å². The van der Waals surface area contributed by atoms with Gasteiger partial charge >= 0.3 is 5.97 Å². The van der Waals surface area contributed by atoms with E-state index in [9.17, 15) is 9.59 Å². The molecule has 0 spiro atoms. The summed E-state index contributed by atoms with van der Waals surface area (Å²) in [4.78, 5) is 26.3. The number of amides is 1. The lowest BCUT2D eigenvalue weighted by molar-refractivity contribution is -0.111. The highest BCUT2D eigenvalue weighted by Crippen LogP contribution is 2.37. The Kier molecular flexibility index (Phi) is 7.29. The number of carbonyl (C=O) groups excluding carboxylic acids is 2. The molecule has 1 aromatic carbocycles. The Hall–Kier alpha value is -2.11. The third kappa shape index (κ3) is 5.24. The molecule has 0 atom stereocenters. The van der Waals surface area contributed by atoms with Crippen molar-refractivity contribution in [3.05, 3.63) is 56.9 Å². The number of hydrogen-bond acceptors (Lipinski definition) is 4. The van der Waals surface area contributed by atoms with Gasteiger partial charge in [0.05, 0.1) is 12.2 Å². The molecule has 1 N–H and O–H groups in total. The number of aryl methyl sites for hydroxylation is 1. The standard InChI is InChI=1S/C22H24ClNO3S/c1-2-27-22(26)20-17-10-5-3-4-6-11-18(17)28-21(20)24-19(25)13-12-15-8-7-9-16(23)14-15/h7-9,12-14H,2-6,10-11H2,1H3,(H,24,25)/b13-12+. The van der Waals surface area contributed by atoms with E-state index in [0.29, 0.717) is 22.2 Å². The SMILES string of the molecule is CCOC(=O)c1c(NC(=O)/C=C/c2cccc(Cl)c2)sc2c1CCCCCC2. The van der Waals surface area contributed by atoms with Crippen molar-refractivity contribution in [1.82, 2.24) is 0 Å². The summed E-state index contributed by atoms with van der Waals surface area (Å²) in [7, 11) is 0. The Morgan fingerprint density at radius 3 is 2.75 bits per heavy atom. The summed E-state index contributed by atoms with van der Waals surface area (Å²) in [6.07, 6.45) is 9.50. The fourth-order valence-electron chi connectivity index (χ4n) is 3.36. The van der Waals surface area contributed by atoms with Gasteiger partial charge in [0.1, 0.15) is 5.00 Å². The van der Waals surface area contributed by atoms with E-state index < -0.39 is 0 Å². The molecule has 6 heteroatoms. The molecule has 1 heterocycles. The van der Waals surface area contributed by atoms with E-state index in [-0.39, 0.29) is 11.9 Å². The van der Waals surface area contributed by atoms with Gasteiger partial charge in [0.15, 0.2) is 0 Å². The molecule has 1 aliphatic carbocycles. The maximum absolute atomic E-state index is 12.6. The van der Waals surface area contributed by atoms with Crippen LogP contribution in [-0.2, 0) is 22.4 Å². The molecule has 4 nitrogen and oxygen atoms in total. The summed E-state index contributed by atoms with van der Waals surface area (Å²) < 4.78 is 5.27. The van der Waals surface area contributed by atoms with Gasteiger partial charge in [-0.1, -0.05) is 36.6 Å². The first kappa shape index (κ1) is 20.6. The third-order valence-corrected chi connectivity index (χ3v) is 6.11. The van der Waals surface area contributed by atoms with Crippen LogP contribution in [-0.4, -0.2) is 18.5 Å². The fraction of sp³-hybridized carbons (Fsp3) is 0.364. The Morgan fingerprint density at radius 1 is 1.21 bits per heavy atom. The zero-order valence-electron chi connectivity index (χ0n) is 15.9. The second kappa shape index (κ2) is 9.89. The summed E-state index contributed by atoms with van der Waals surface area (Å²) in [5.74, 6) is -0.630. The van der Waals surface area contributed by atoms with E-state index in [4.69, 9.17) is 16.3 Å². The Bertz CT molecular complexity index is 888. The largest absolute Gasteiger partial charge is 0.462 e. The van der Waals surface area contributed by atoms with E-state index in [2.05, 4.69) is 5.32 Å². The molecule has 1 aromatic heterocycles. The summed E-state index contributed by atoms with van der Waals surface area (Å²) in [6.45, 7) is 2.10. The predicted molar refractivity (Wildman–Crippen MR) is 115 cm³/mol. The Labute approximate surface area is 174 Å². The number of anilines is 1. The second-order valence-electron chi connectivity index (χ2n) is 6.72. The van der Waals surface area contributed by atoms with Crippen molar-refractivity contribution in [3.63, 3.8) is 0 Å². The molecule has 0 saturated carbocycles. The van der Waals surface area contributed by atoms with Crippen molar-refractivity contribution < 1.29 is 14.3 Å². The van der Waals surface area contributed by atoms with Crippen LogP contribution in [0, 0.1) is 0 Å². The first-order valence-corrected chi connectivity index (χ1v) is 10.8. The maximum atomic E-state index is 12.6. The molecule has 3 rings (SSSR count). The van der Waals surface area contributed by atoms with E-state index in [0.717, 1.165) is 36.8 Å². The minimum absolute atomic E-state index is 0.278. The van der Waals surface area contributed by atoms with Crippen LogP contribution in [0.2, 0.25) is 5.02 Å². The Balaban J connectivity index is 1.84. The number of thiophene rings is 1. The number of benzene rings is 1. The van der Waals surface area contributed by atoms with Crippen molar-refractivity contribution in [3.8, 4) is 0 Å². The van der Waals surface area contributed by atoms with Crippen LogP contribution in [0.25, 0.3) is 6.08 Å². The summed E-state index contributed by atoms with van der Waals surface area (Å²) in [5.41, 5.74) is 2.43. The van der Waals surface area contributed by atoms with Crippen LogP contribution in [0.15, 0.2) is 30.3 Å². The van der Waals surface area contributed by atoms with Crippen LogP contribution in [0.3, 0.4) is 0 Å². The van der Waals surface area contributed by atoms with Crippen molar-refractivity contribution in [2.45, 2.75) is 45.4 Å². The number of fused-ring (bicyclic) bond motifs is 1. The van der Waals surface area contributed by atoms with Crippen molar-refractivity contribution in [2.24, 2.45) is 0 Å². The molecule has 0 unspecified atom stereocenters. The van der Waals surface area contributed by atoms with Gasteiger partial charge in [0.25, 0.3) is 0 Å². The fourth-order valence-corrected chi connectivity index (χ4v) is 4.84. The molecule has 1 aliphatic rings. The minimum Gasteiger partial charge on any atom is -0.462 e. The predicted octanol–water partition coefficient (Wildman–Crippen LogP) is 5.89. The summed E-state index contributed by atoms with van der Waals surface area (Å²) >= 11 is 7.48. The molecule has 28 heavy (non-hydrogen) atoms. The molecule has 0 bridgehead atoms. The highest BCUT2D eigenvalue weighted by atomic mass is 35.5. The van der Waals surface area contributed by atoms with Gasteiger partial charge in [-0.25, -0.2) is 4.79 Å². The molecular formula is C22H24ClNO3S. The van der Waals surface area contributed by atoms with Gasteiger partial charge in [-0.15, -0.1) is 11.3 Å². The van der Waals surface area contributed by atoms with Gasteiger partial charge in [-0.2, -0.15) is 0 Å². The highest BCUT2D eigenvalue weighted by molar-refractivity contribution is 7.17. The number of ether oxygens (including phenoxy) is 1. The first-order valence-electron chi connectivity index (χ1n) is 9.64. The van der Waals surface area contributed by atoms with E-state index >= 15 is 0 Å². The number of rotatable bonds is 5. The van der Waals surface area contributed by atoms with Crippen LogP contribution >= 0.6 is 22.9 Å². The van der Waals surface area contributed by atoms with Crippen molar-refractivity contribution in [1.29, 1.82) is 0 Å². The number of hydrogen-bond donors (Lipinski definition) is 1. The topological polar surface area (TPSA) is 55.4 Å². The third-order valence-electron chi connectivity index (χ3n) is 4.66. The summed E-state index contributed by atoms with van der Waals surface area (Å²) in [6, 6.07) is 7.27. The normalized spacial score (nSPS) is 14.2. The highest BCUT2D eigenvalue weighted by Gasteiger charge is 2.25. The van der Waals surface area contributed by atoms with Crippen LogP contribution in [0.4, 0.5) is 5.00 Å². The van der Waals surface area contributed by atoms with Gasteiger partial charge in [0.2, 0.25) is 5.91 Å². The average Bonchev–Trinajstić information content (AvgIpc) is 2.96. The molecular weight excluding hydrogens is 394 g/mol. The van der Waals surface area contributed by atoms with E-state index in [1.165, 1.54) is 35.1 Å². The zero-order valence-corrected chi connectivity index (χ0v) is 17.5. The lowest BCUT2D eigenvalue weighted by Gasteiger charge is -2.11. The average molecular weight is 418 g/mol. The molecule has 148 valence electrons.